The molecule has 0 saturated carbocycles. The Balaban J connectivity index is 1.81. The minimum Gasteiger partial charge on any atom is -0.459 e. The number of nitrogens with zero attached hydrogens (tertiary/aromatic N) is 1. The number of benzene rings is 2. The predicted octanol–water partition coefficient (Wildman–Crippen LogP) is 3.14. The van der Waals surface area contributed by atoms with Gasteiger partial charge in [-0.3, -0.25) is 4.79 Å². The maximum atomic E-state index is 12.4. The maximum Gasteiger partial charge on any atom is 0.410 e. The van der Waals surface area contributed by atoms with E-state index in [0.717, 1.165) is 16.0 Å². The molecular formula is C23H28N2O5. The van der Waals surface area contributed by atoms with Gasteiger partial charge in [-0.05, 0) is 17.0 Å². The highest BCUT2D eigenvalue weighted by Gasteiger charge is 2.26. The van der Waals surface area contributed by atoms with Crippen molar-refractivity contribution >= 4 is 18.0 Å². The Bertz CT molecular complexity index is 824. The van der Waals surface area contributed by atoms with Crippen LogP contribution in [-0.4, -0.2) is 42.5 Å². The normalized spacial score (nSPS) is 11.5. The van der Waals surface area contributed by atoms with Gasteiger partial charge in [-0.15, -0.1) is 0 Å². The summed E-state index contributed by atoms with van der Waals surface area (Å²) in [5.41, 5.74) is 1.71. The smallest absolute Gasteiger partial charge is 0.410 e. The van der Waals surface area contributed by atoms with Gasteiger partial charge >= 0.3 is 12.1 Å². The highest BCUT2D eigenvalue weighted by atomic mass is 16.6. The zero-order chi connectivity index (χ0) is 21.9. The van der Waals surface area contributed by atoms with Crippen molar-refractivity contribution in [1.82, 2.24) is 10.2 Å². The molecule has 0 saturated heterocycles. The van der Waals surface area contributed by atoms with Gasteiger partial charge in [0.1, 0.15) is 25.8 Å². The molecule has 1 atom stereocenters. The number of hydrogen-bond donors (Lipinski definition) is 1. The minimum atomic E-state index is -0.810. The zero-order valence-corrected chi connectivity index (χ0v) is 17.5. The highest BCUT2D eigenvalue weighted by Crippen LogP contribution is 2.08. The van der Waals surface area contributed by atoms with Crippen LogP contribution in [0.4, 0.5) is 4.79 Å². The first kappa shape index (κ1) is 22.9. The van der Waals surface area contributed by atoms with E-state index >= 15 is 0 Å². The lowest BCUT2D eigenvalue weighted by Crippen LogP contribution is -2.49. The molecule has 30 heavy (non-hydrogen) atoms. The summed E-state index contributed by atoms with van der Waals surface area (Å²) >= 11 is 0. The highest BCUT2D eigenvalue weighted by molar-refractivity contribution is 5.87. The van der Waals surface area contributed by atoms with Crippen LogP contribution in [0.1, 0.15) is 25.0 Å². The maximum absolute atomic E-state index is 12.4. The van der Waals surface area contributed by atoms with Crippen molar-refractivity contribution in [3.8, 4) is 0 Å². The van der Waals surface area contributed by atoms with E-state index < -0.39 is 24.0 Å². The number of nitrogens with one attached hydrogen (secondary N) is 1. The zero-order valence-electron chi connectivity index (χ0n) is 17.5. The van der Waals surface area contributed by atoms with Crippen molar-refractivity contribution < 1.29 is 23.9 Å². The van der Waals surface area contributed by atoms with Gasteiger partial charge in [0.25, 0.3) is 0 Å². The number of esters is 1. The molecule has 0 aliphatic carbocycles. The Morgan fingerprint density at radius 2 is 1.37 bits per heavy atom. The minimum absolute atomic E-state index is 0.117. The second kappa shape index (κ2) is 11.6. The molecular weight excluding hydrogens is 384 g/mol. The fraction of sp³-hybridized carbons (Fsp3) is 0.348. The quantitative estimate of drug-likeness (QED) is 0.640. The summed E-state index contributed by atoms with van der Waals surface area (Å²) in [6, 6.07) is 17.7. The van der Waals surface area contributed by atoms with Gasteiger partial charge in [-0.2, -0.15) is 0 Å². The van der Waals surface area contributed by atoms with Crippen LogP contribution in [0, 0.1) is 5.92 Å². The van der Waals surface area contributed by atoms with Gasteiger partial charge < -0.3 is 19.7 Å². The number of carbonyl (C=O) groups excluding carboxylic acids is 3. The molecule has 1 unspecified atom stereocenters. The summed E-state index contributed by atoms with van der Waals surface area (Å²) in [6.45, 7) is 3.64. The van der Waals surface area contributed by atoms with Crippen LogP contribution in [0.15, 0.2) is 60.7 Å². The van der Waals surface area contributed by atoms with Gasteiger partial charge in [0, 0.05) is 7.05 Å². The number of rotatable bonds is 9. The van der Waals surface area contributed by atoms with Crippen LogP contribution < -0.4 is 5.32 Å². The van der Waals surface area contributed by atoms with E-state index in [1.54, 1.807) is 0 Å². The second-order valence-electron chi connectivity index (χ2n) is 7.28. The summed E-state index contributed by atoms with van der Waals surface area (Å²) in [6.07, 6.45) is -0.623. The summed E-state index contributed by atoms with van der Waals surface area (Å²) in [5.74, 6) is -1.16. The Morgan fingerprint density at radius 1 is 0.867 bits per heavy atom. The molecule has 0 spiro atoms. The molecule has 7 nitrogen and oxygen atoms in total. The molecule has 0 radical (unpaired) electrons. The van der Waals surface area contributed by atoms with Gasteiger partial charge in [-0.25, -0.2) is 9.59 Å². The summed E-state index contributed by atoms with van der Waals surface area (Å²) < 4.78 is 10.5. The SMILES string of the molecule is CC(C)C(NC(=O)CN(C)C(=O)OCc1ccccc1)C(=O)OCc1ccccc1. The lowest BCUT2D eigenvalue weighted by molar-refractivity contribution is -0.150. The van der Waals surface area contributed by atoms with Crippen LogP contribution in [0.3, 0.4) is 0 Å². The summed E-state index contributed by atoms with van der Waals surface area (Å²) in [5, 5.41) is 2.65. The molecule has 2 amide bonds. The first-order chi connectivity index (χ1) is 14.4. The third-order valence-electron chi connectivity index (χ3n) is 4.36. The first-order valence-electron chi connectivity index (χ1n) is 9.78. The predicted molar refractivity (Wildman–Crippen MR) is 112 cm³/mol. The number of amides is 2. The molecule has 160 valence electrons. The molecule has 0 aliphatic rings. The second-order valence-corrected chi connectivity index (χ2v) is 7.28. The fourth-order valence-electron chi connectivity index (χ4n) is 2.64. The summed E-state index contributed by atoms with van der Waals surface area (Å²) in [7, 11) is 1.46. The molecule has 0 fully saturated rings. The van der Waals surface area contributed by atoms with Crippen LogP contribution in [0.2, 0.25) is 0 Å². The van der Waals surface area contributed by atoms with E-state index in [9.17, 15) is 14.4 Å². The number of carbonyl (C=O) groups is 3. The van der Waals surface area contributed by atoms with Gasteiger partial charge in [0.05, 0.1) is 0 Å². The average molecular weight is 412 g/mol. The lowest BCUT2D eigenvalue weighted by Gasteiger charge is -2.23. The van der Waals surface area contributed by atoms with Crippen LogP contribution in [0.5, 0.6) is 0 Å². The topological polar surface area (TPSA) is 84.9 Å². The Morgan fingerprint density at radius 3 is 1.87 bits per heavy atom. The third kappa shape index (κ3) is 7.58. The largest absolute Gasteiger partial charge is 0.459 e. The van der Waals surface area contributed by atoms with Crippen LogP contribution in [-0.2, 0) is 32.3 Å². The van der Waals surface area contributed by atoms with E-state index in [0.29, 0.717) is 0 Å². The number of hydrogen-bond acceptors (Lipinski definition) is 5. The van der Waals surface area contributed by atoms with Crippen LogP contribution in [0.25, 0.3) is 0 Å². The van der Waals surface area contributed by atoms with Crippen LogP contribution >= 0.6 is 0 Å². The average Bonchev–Trinajstić information content (AvgIpc) is 2.75. The van der Waals surface area contributed by atoms with E-state index in [-0.39, 0.29) is 25.7 Å². The van der Waals surface area contributed by atoms with Crippen molar-refractivity contribution in [2.75, 3.05) is 13.6 Å². The molecule has 2 aromatic carbocycles. The molecule has 0 aliphatic heterocycles. The Hall–Kier alpha value is -3.35. The number of likely N-dealkylation sites (N-methyl/N-ethyl adjacent to an activating group) is 1. The molecule has 0 bridgehead atoms. The molecule has 0 heterocycles. The lowest BCUT2D eigenvalue weighted by atomic mass is 10.0. The molecule has 2 aromatic rings. The van der Waals surface area contributed by atoms with E-state index in [1.165, 1.54) is 7.05 Å². The van der Waals surface area contributed by atoms with Crippen molar-refractivity contribution in [2.45, 2.75) is 33.1 Å². The molecule has 1 N–H and O–H groups in total. The van der Waals surface area contributed by atoms with Gasteiger partial charge in [-0.1, -0.05) is 74.5 Å². The van der Waals surface area contributed by atoms with Crippen molar-refractivity contribution in [1.29, 1.82) is 0 Å². The Labute approximate surface area is 177 Å². The van der Waals surface area contributed by atoms with Gasteiger partial charge in [0.2, 0.25) is 5.91 Å². The van der Waals surface area contributed by atoms with Crippen molar-refractivity contribution in [3.05, 3.63) is 71.8 Å². The fourth-order valence-corrected chi connectivity index (χ4v) is 2.64. The van der Waals surface area contributed by atoms with Crippen molar-refractivity contribution in [3.63, 3.8) is 0 Å². The molecule has 2 rings (SSSR count). The van der Waals surface area contributed by atoms with Crippen molar-refractivity contribution in [2.24, 2.45) is 5.92 Å². The Kier molecular flexibility index (Phi) is 8.87. The third-order valence-corrected chi connectivity index (χ3v) is 4.36. The number of ether oxygens (including phenoxy) is 2. The molecule has 0 aromatic heterocycles. The first-order valence-corrected chi connectivity index (χ1v) is 9.78. The molecule has 7 heteroatoms. The monoisotopic (exact) mass is 412 g/mol. The van der Waals surface area contributed by atoms with Gasteiger partial charge in [0.15, 0.2) is 0 Å². The summed E-state index contributed by atoms with van der Waals surface area (Å²) in [4.78, 5) is 38.0. The van der Waals surface area contributed by atoms with E-state index in [2.05, 4.69) is 5.32 Å². The standard InChI is InChI=1S/C23H28N2O5/c1-17(2)21(22(27)29-15-18-10-6-4-7-11-18)24-20(26)14-25(3)23(28)30-16-19-12-8-5-9-13-19/h4-13,17,21H,14-16H2,1-3H3,(H,24,26). The van der Waals surface area contributed by atoms with E-state index in [1.807, 2.05) is 74.5 Å². The van der Waals surface area contributed by atoms with E-state index in [4.69, 9.17) is 9.47 Å².